The van der Waals surface area contributed by atoms with Crippen molar-refractivity contribution in [2.75, 3.05) is 0 Å². The Bertz CT molecular complexity index is 80.6. The minimum Gasteiger partial charge on any atom is -0.366 e. The Kier molecular flexibility index (Phi) is 1.54. The van der Waals surface area contributed by atoms with Gasteiger partial charge in [-0.1, -0.05) is 13.8 Å². The molecule has 0 bridgehead atoms. The first kappa shape index (κ1) is 6.05. The lowest BCUT2D eigenvalue weighted by molar-refractivity contribution is 0.155. The van der Waals surface area contributed by atoms with E-state index in [0.29, 0.717) is 5.92 Å². The first-order valence-electron chi connectivity index (χ1n) is 2.88. The van der Waals surface area contributed by atoms with Crippen LogP contribution in [0.3, 0.4) is 0 Å². The highest BCUT2D eigenvalue weighted by molar-refractivity contribution is 4.80. The van der Waals surface area contributed by atoms with Crippen LogP contribution < -0.4 is 0 Å². The van der Waals surface area contributed by atoms with E-state index in [4.69, 9.17) is 9.84 Å². The van der Waals surface area contributed by atoms with E-state index in [1.807, 2.05) is 6.92 Å². The third-order valence-corrected chi connectivity index (χ3v) is 1.52. The molecule has 0 amide bonds. The standard InChI is InChI=1S/C6H11O2/c1-3-4(2)5-6(7)8-5/h4-7H,1,3H2,2H3. The normalized spacial score (nSPS) is 39.4. The van der Waals surface area contributed by atoms with Gasteiger partial charge in [0, 0.05) is 0 Å². The van der Waals surface area contributed by atoms with E-state index in [2.05, 4.69) is 6.92 Å². The zero-order valence-electron chi connectivity index (χ0n) is 5.00. The topological polar surface area (TPSA) is 32.8 Å². The van der Waals surface area contributed by atoms with Crippen LogP contribution in [0.25, 0.3) is 0 Å². The molecule has 1 N–H and O–H groups in total. The van der Waals surface area contributed by atoms with E-state index in [9.17, 15) is 0 Å². The Morgan fingerprint density at radius 3 is 2.50 bits per heavy atom. The van der Waals surface area contributed by atoms with E-state index in [0.717, 1.165) is 6.42 Å². The Morgan fingerprint density at radius 1 is 1.88 bits per heavy atom. The molecule has 0 aromatic carbocycles. The predicted octanol–water partition coefficient (Wildman–Crippen LogP) is 0.564. The van der Waals surface area contributed by atoms with Crippen LogP contribution in [0.2, 0.25) is 0 Å². The van der Waals surface area contributed by atoms with E-state index >= 15 is 0 Å². The number of rotatable bonds is 2. The molecule has 0 spiro atoms. The molecule has 0 saturated carbocycles. The van der Waals surface area contributed by atoms with Gasteiger partial charge in [0.2, 0.25) is 0 Å². The van der Waals surface area contributed by atoms with Crippen molar-refractivity contribution in [1.82, 2.24) is 0 Å². The SMILES string of the molecule is [CH2]CC(C)C1OC1O. The smallest absolute Gasteiger partial charge is 0.182 e. The van der Waals surface area contributed by atoms with Crippen LogP contribution in [0.5, 0.6) is 0 Å². The van der Waals surface area contributed by atoms with Crippen LogP contribution in [0.4, 0.5) is 0 Å². The van der Waals surface area contributed by atoms with Gasteiger partial charge in [-0.3, -0.25) is 0 Å². The van der Waals surface area contributed by atoms with Gasteiger partial charge in [0.1, 0.15) is 6.10 Å². The first-order valence-corrected chi connectivity index (χ1v) is 2.88. The number of aliphatic hydroxyl groups is 1. The largest absolute Gasteiger partial charge is 0.366 e. The Hall–Kier alpha value is -0.0800. The maximum absolute atomic E-state index is 8.68. The summed E-state index contributed by atoms with van der Waals surface area (Å²) in [6, 6.07) is 0. The minimum atomic E-state index is -0.494. The van der Waals surface area contributed by atoms with Crippen molar-refractivity contribution in [2.45, 2.75) is 25.7 Å². The van der Waals surface area contributed by atoms with Crippen molar-refractivity contribution < 1.29 is 9.84 Å². The average Bonchev–Trinajstić information content (AvgIpc) is 2.45. The second-order valence-corrected chi connectivity index (χ2v) is 2.26. The number of aliphatic hydroxyl groups excluding tert-OH is 1. The Balaban J connectivity index is 2.18. The highest BCUT2D eigenvalue weighted by Gasteiger charge is 2.40. The summed E-state index contributed by atoms with van der Waals surface area (Å²) in [6.45, 7) is 5.71. The van der Waals surface area contributed by atoms with Crippen molar-refractivity contribution in [1.29, 1.82) is 0 Å². The summed E-state index contributed by atoms with van der Waals surface area (Å²) in [7, 11) is 0. The van der Waals surface area contributed by atoms with Gasteiger partial charge >= 0.3 is 0 Å². The Morgan fingerprint density at radius 2 is 2.38 bits per heavy atom. The molecule has 1 saturated heterocycles. The highest BCUT2D eigenvalue weighted by atomic mass is 16.7. The number of hydrogen-bond acceptors (Lipinski definition) is 2. The molecular weight excluding hydrogens is 104 g/mol. The van der Waals surface area contributed by atoms with Gasteiger partial charge in [0.05, 0.1) is 0 Å². The molecule has 47 valence electrons. The van der Waals surface area contributed by atoms with Crippen LogP contribution >= 0.6 is 0 Å². The fraction of sp³-hybridized carbons (Fsp3) is 0.833. The molecule has 1 aliphatic rings. The molecule has 3 unspecified atom stereocenters. The molecule has 0 aromatic heterocycles. The molecule has 1 aliphatic heterocycles. The summed E-state index contributed by atoms with van der Waals surface area (Å²) in [5.41, 5.74) is 0. The molecule has 1 heterocycles. The Labute approximate surface area is 49.5 Å². The third-order valence-electron chi connectivity index (χ3n) is 1.52. The lowest BCUT2D eigenvalue weighted by atomic mass is 10.1. The van der Waals surface area contributed by atoms with Crippen molar-refractivity contribution in [3.05, 3.63) is 6.92 Å². The minimum absolute atomic E-state index is 0.0764. The van der Waals surface area contributed by atoms with E-state index in [-0.39, 0.29) is 6.10 Å². The van der Waals surface area contributed by atoms with Crippen LogP contribution in [-0.2, 0) is 4.74 Å². The number of hydrogen-bond donors (Lipinski definition) is 1. The average molecular weight is 115 g/mol. The summed E-state index contributed by atoms with van der Waals surface area (Å²) in [6.07, 6.45) is 0.418. The van der Waals surface area contributed by atoms with Crippen LogP contribution in [0.15, 0.2) is 0 Å². The highest BCUT2D eigenvalue weighted by Crippen LogP contribution is 2.28. The molecule has 2 nitrogen and oxygen atoms in total. The fourth-order valence-corrected chi connectivity index (χ4v) is 0.695. The van der Waals surface area contributed by atoms with Gasteiger partial charge in [-0.25, -0.2) is 0 Å². The second kappa shape index (κ2) is 2.03. The summed E-state index contributed by atoms with van der Waals surface area (Å²) < 4.78 is 4.79. The van der Waals surface area contributed by atoms with Gasteiger partial charge < -0.3 is 9.84 Å². The summed E-state index contributed by atoms with van der Waals surface area (Å²) >= 11 is 0. The zero-order chi connectivity index (χ0) is 6.15. The summed E-state index contributed by atoms with van der Waals surface area (Å²) in [5.74, 6) is 0.407. The molecule has 2 heteroatoms. The predicted molar refractivity (Wildman–Crippen MR) is 30.0 cm³/mol. The molecular formula is C6H11O2. The maximum atomic E-state index is 8.68. The van der Waals surface area contributed by atoms with Gasteiger partial charge in [-0.05, 0) is 12.3 Å². The second-order valence-electron chi connectivity index (χ2n) is 2.26. The van der Waals surface area contributed by atoms with Crippen LogP contribution in [-0.4, -0.2) is 17.5 Å². The zero-order valence-corrected chi connectivity index (χ0v) is 5.00. The van der Waals surface area contributed by atoms with Crippen molar-refractivity contribution in [3.63, 3.8) is 0 Å². The third kappa shape index (κ3) is 1.01. The lowest BCUT2D eigenvalue weighted by Gasteiger charge is -1.99. The summed E-state index contributed by atoms with van der Waals surface area (Å²) in [5, 5.41) is 8.68. The molecule has 0 aromatic rings. The molecule has 1 rings (SSSR count). The fourth-order valence-electron chi connectivity index (χ4n) is 0.695. The van der Waals surface area contributed by atoms with Gasteiger partial charge in [0.25, 0.3) is 0 Å². The van der Waals surface area contributed by atoms with Gasteiger partial charge in [-0.15, -0.1) is 0 Å². The van der Waals surface area contributed by atoms with E-state index < -0.39 is 6.29 Å². The van der Waals surface area contributed by atoms with Crippen molar-refractivity contribution in [3.8, 4) is 0 Å². The van der Waals surface area contributed by atoms with Gasteiger partial charge in [0.15, 0.2) is 6.29 Å². The molecule has 3 atom stereocenters. The van der Waals surface area contributed by atoms with Crippen LogP contribution in [0.1, 0.15) is 13.3 Å². The van der Waals surface area contributed by atoms with E-state index in [1.165, 1.54) is 0 Å². The lowest BCUT2D eigenvalue weighted by Crippen LogP contribution is -2.04. The first-order chi connectivity index (χ1) is 3.75. The number of ether oxygens (including phenoxy) is 1. The quantitative estimate of drug-likeness (QED) is 0.533. The van der Waals surface area contributed by atoms with E-state index in [1.54, 1.807) is 0 Å². The molecule has 1 fully saturated rings. The maximum Gasteiger partial charge on any atom is 0.182 e. The molecule has 8 heavy (non-hydrogen) atoms. The summed E-state index contributed by atoms with van der Waals surface area (Å²) in [4.78, 5) is 0. The van der Waals surface area contributed by atoms with Crippen LogP contribution in [0, 0.1) is 12.8 Å². The number of epoxide rings is 1. The molecule has 0 aliphatic carbocycles. The monoisotopic (exact) mass is 115 g/mol. The van der Waals surface area contributed by atoms with Crippen molar-refractivity contribution in [2.24, 2.45) is 5.92 Å². The molecule has 1 radical (unpaired) electrons. The van der Waals surface area contributed by atoms with Crippen molar-refractivity contribution >= 4 is 0 Å². The van der Waals surface area contributed by atoms with Gasteiger partial charge in [-0.2, -0.15) is 0 Å².